The molecule has 0 aliphatic heterocycles. The Labute approximate surface area is 114 Å². The van der Waals surface area contributed by atoms with Crippen molar-refractivity contribution in [1.82, 2.24) is 14.6 Å². The molecule has 0 radical (unpaired) electrons. The lowest BCUT2D eigenvalue weighted by atomic mass is 10.0. The molecule has 0 bridgehead atoms. The molecule has 4 heteroatoms. The number of aryl methyl sites for hydroxylation is 1. The molecule has 1 N–H and O–H groups in total. The summed E-state index contributed by atoms with van der Waals surface area (Å²) in [6.07, 6.45) is 10.3. The van der Waals surface area contributed by atoms with Crippen molar-refractivity contribution in [2.75, 3.05) is 11.9 Å². The predicted molar refractivity (Wildman–Crippen MR) is 77.4 cm³/mol. The number of nitrogens with one attached hydrogen (secondary N) is 1. The number of fused-ring (bicyclic) bond motifs is 1. The maximum Gasteiger partial charge on any atom is 0.243 e. The number of rotatable bonds is 5. The third-order valence-corrected chi connectivity index (χ3v) is 4.04. The third-order valence-electron chi connectivity index (χ3n) is 4.04. The minimum Gasteiger partial charge on any atom is -0.353 e. The maximum atomic E-state index is 4.48. The zero-order valence-corrected chi connectivity index (χ0v) is 11.6. The van der Waals surface area contributed by atoms with Crippen LogP contribution in [0.15, 0.2) is 18.3 Å². The molecule has 0 spiro atoms. The van der Waals surface area contributed by atoms with Gasteiger partial charge < -0.3 is 5.32 Å². The van der Waals surface area contributed by atoms with Gasteiger partial charge in [-0.2, -0.15) is 4.98 Å². The molecule has 1 aliphatic rings. The van der Waals surface area contributed by atoms with Crippen molar-refractivity contribution < 1.29 is 0 Å². The van der Waals surface area contributed by atoms with Gasteiger partial charge in [-0.05, 0) is 43.4 Å². The van der Waals surface area contributed by atoms with E-state index in [1.165, 1.54) is 44.1 Å². The van der Waals surface area contributed by atoms with Crippen molar-refractivity contribution in [2.45, 2.75) is 45.4 Å². The van der Waals surface area contributed by atoms with Crippen molar-refractivity contribution in [1.29, 1.82) is 0 Å². The van der Waals surface area contributed by atoms with E-state index in [1.807, 2.05) is 16.8 Å². The van der Waals surface area contributed by atoms with Gasteiger partial charge in [0.15, 0.2) is 5.65 Å². The molecule has 3 rings (SSSR count). The van der Waals surface area contributed by atoms with Crippen LogP contribution in [-0.2, 0) is 0 Å². The van der Waals surface area contributed by atoms with Crippen LogP contribution in [-0.4, -0.2) is 21.1 Å². The molecule has 2 heterocycles. The fourth-order valence-electron chi connectivity index (χ4n) is 2.95. The Morgan fingerprint density at radius 2 is 2.21 bits per heavy atom. The summed E-state index contributed by atoms with van der Waals surface area (Å²) in [5.41, 5.74) is 2.13. The Hall–Kier alpha value is -1.58. The quantitative estimate of drug-likeness (QED) is 0.836. The molecule has 0 unspecified atom stereocenters. The van der Waals surface area contributed by atoms with E-state index in [2.05, 4.69) is 28.4 Å². The van der Waals surface area contributed by atoms with Crippen molar-refractivity contribution in [3.63, 3.8) is 0 Å². The second-order valence-corrected chi connectivity index (χ2v) is 5.66. The third kappa shape index (κ3) is 3.06. The summed E-state index contributed by atoms with van der Waals surface area (Å²) < 4.78 is 1.83. The van der Waals surface area contributed by atoms with Gasteiger partial charge in [-0.3, -0.25) is 0 Å². The minimum absolute atomic E-state index is 0.747. The monoisotopic (exact) mass is 258 g/mol. The van der Waals surface area contributed by atoms with Crippen molar-refractivity contribution in [2.24, 2.45) is 5.92 Å². The van der Waals surface area contributed by atoms with Crippen LogP contribution in [0.25, 0.3) is 5.65 Å². The van der Waals surface area contributed by atoms with Crippen molar-refractivity contribution in [3.8, 4) is 0 Å². The number of hydrogen-bond acceptors (Lipinski definition) is 3. The highest BCUT2D eigenvalue weighted by Crippen LogP contribution is 2.28. The lowest BCUT2D eigenvalue weighted by Crippen LogP contribution is -2.05. The molecule has 1 fully saturated rings. The summed E-state index contributed by atoms with van der Waals surface area (Å²) in [6.45, 7) is 3.05. The van der Waals surface area contributed by atoms with Crippen LogP contribution in [0.1, 0.15) is 44.1 Å². The maximum absolute atomic E-state index is 4.48. The SMILES string of the molecule is Cc1ccn2nc(NCCCC3CCCC3)nc2c1. The summed E-state index contributed by atoms with van der Waals surface area (Å²) in [5.74, 6) is 1.72. The molecule has 102 valence electrons. The van der Waals surface area contributed by atoms with Crippen LogP contribution in [0.4, 0.5) is 5.95 Å². The van der Waals surface area contributed by atoms with Gasteiger partial charge in [-0.25, -0.2) is 4.52 Å². The predicted octanol–water partition coefficient (Wildman–Crippen LogP) is 3.42. The van der Waals surface area contributed by atoms with E-state index in [0.717, 1.165) is 24.1 Å². The highest BCUT2D eigenvalue weighted by atomic mass is 15.3. The van der Waals surface area contributed by atoms with E-state index in [0.29, 0.717) is 0 Å². The fourth-order valence-corrected chi connectivity index (χ4v) is 2.95. The highest BCUT2D eigenvalue weighted by Gasteiger charge is 2.14. The average Bonchev–Trinajstić information content (AvgIpc) is 3.02. The molecule has 0 aromatic carbocycles. The van der Waals surface area contributed by atoms with E-state index in [1.54, 1.807) is 0 Å². The molecule has 0 saturated heterocycles. The molecule has 2 aromatic heterocycles. The lowest BCUT2D eigenvalue weighted by Gasteiger charge is -2.07. The largest absolute Gasteiger partial charge is 0.353 e. The first-order valence-corrected chi connectivity index (χ1v) is 7.38. The van der Waals surface area contributed by atoms with Gasteiger partial charge in [-0.15, -0.1) is 5.10 Å². The summed E-state index contributed by atoms with van der Waals surface area (Å²) in [6, 6.07) is 4.10. The molecular weight excluding hydrogens is 236 g/mol. The second kappa shape index (κ2) is 5.59. The van der Waals surface area contributed by atoms with Gasteiger partial charge in [0.25, 0.3) is 0 Å². The first kappa shape index (κ1) is 12.5. The van der Waals surface area contributed by atoms with E-state index in [9.17, 15) is 0 Å². The summed E-state index contributed by atoms with van der Waals surface area (Å²) in [4.78, 5) is 4.48. The summed E-state index contributed by atoms with van der Waals surface area (Å²) >= 11 is 0. The lowest BCUT2D eigenvalue weighted by molar-refractivity contribution is 0.491. The van der Waals surface area contributed by atoms with Crippen molar-refractivity contribution >= 4 is 11.6 Å². The Morgan fingerprint density at radius 3 is 3.05 bits per heavy atom. The number of nitrogens with zero attached hydrogens (tertiary/aromatic N) is 3. The molecule has 0 amide bonds. The zero-order valence-electron chi connectivity index (χ0n) is 11.6. The number of aromatic nitrogens is 3. The topological polar surface area (TPSA) is 42.2 Å². The van der Waals surface area contributed by atoms with Gasteiger partial charge in [0.05, 0.1) is 0 Å². The number of hydrogen-bond donors (Lipinski definition) is 1. The van der Waals surface area contributed by atoms with E-state index in [4.69, 9.17) is 0 Å². The van der Waals surface area contributed by atoms with Gasteiger partial charge in [0, 0.05) is 12.7 Å². The van der Waals surface area contributed by atoms with Crippen LogP contribution < -0.4 is 5.32 Å². The number of anilines is 1. The van der Waals surface area contributed by atoms with Gasteiger partial charge >= 0.3 is 0 Å². The second-order valence-electron chi connectivity index (χ2n) is 5.66. The average molecular weight is 258 g/mol. The van der Waals surface area contributed by atoms with Crippen LogP contribution in [0.2, 0.25) is 0 Å². The van der Waals surface area contributed by atoms with Crippen LogP contribution >= 0.6 is 0 Å². The van der Waals surface area contributed by atoms with Crippen LogP contribution in [0, 0.1) is 12.8 Å². The molecule has 19 heavy (non-hydrogen) atoms. The molecule has 1 saturated carbocycles. The van der Waals surface area contributed by atoms with Gasteiger partial charge in [0.2, 0.25) is 5.95 Å². The Balaban J connectivity index is 1.50. The summed E-state index contributed by atoms with van der Waals surface area (Å²) in [5, 5.41) is 7.75. The first-order valence-electron chi connectivity index (χ1n) is 7.38. The summed E-state index contributed by atoms with van der Waals surface area (Å²) in [7, 11) is 0. The molecule has 1 aliphatic carbocycles. The van der Waals surface area contributed by atoms with Gasteiger partial charge in [0.1, 0.15) is 0 Å². The Kier molecular flexibility index (Phi) is 3.67. The van der Waals surface area contributed by atoms with Gasteiger partial charge in [-0.1, -0.05) is 25.7 Å². The molecule has 2 aromatic rings. The smallest absolute Gasteiger partial charge is 0.243 e. The molecular formula is C15H22N4. The first-order chi connectivity index (χ1) is 9.31. The Morgan fingerprint density at radius 1 is 1.37 bits per heavy atom. The molecule has 0 atom stereocenters. The normalized spacial score (nSPS) is 16.3. The van der Waals surface area contributed by atoms with E-state index >= 15 is 0 Å². The highest BCUT2D eigenvalue weighted by molar-refractivity contribution is 5.45. The standard InChI is InChI=1S/C15H22N4/c1-12-8-10-19-14(11-12)17-15(18-19)16-9-4-7-13-5-2-3-6-13/h8,10-11,13H,2-7,9H2,1H3,(H,16,18). The Bertz CT molecular complexity index is 540. The molecule has 4 nitrogen and oxygen atoms in total. The van der Waals surface area contributed by atoms with E-state index < -0.39 is 0 Å². The zero-order chi connectivity index (χ0) is 13.1. The fraction of sp³-hybridized carbons (Fsp3) is 0.600. The van der Waals surface area contributed by atoms with Crippen LogP contribution in [0.5, 0.6) is 0 Å². The van der Waals surface area contributed by atoms with Crippen molar-refractivity contribution in [3.05, 3.63) is 23.9 Å². The number of pyridine rings is 1. The van der Waals surface area contributed by atoms with Crippen LogP contribution in [0.3, 0.4) is 0 Å². The minimum atomic E-state index is 0.747. The van der Waals surface area contributed by atoms with E-state index in [-0.39, 0.29) is 0 Å².